The summed E-state index contributed by atoms with van der Waals surface area (Å²) in [5.74, 6) is -0.931. The Kier molecular flexibility index (Phi) is 4.58. The molecule has 5 nitrogen and oxygen atoms in total. The molecular formula is C5H11NO4S2. The van der Waals surface area contributed by atoms with Crippen LogP contribution in [-0.2, 0) is 14.9 Å². The summed E-state index contributed by atoms with van der Waals surface area (Å²) in [5, 5.41) is -0.413. The molecule has 0 saturated heterocycles. The van der Waals surface area contributed by atoms with E-state index in [1.807, 2.05) is 0 Å². The number of amides is 1. The summed E-state index contributed by atoms with van der Waals surface area (Å²) < 4.78 is 28.8. The lowest BCUT2D eigenvalue weighted by Crippen LogP contribution is -2.19. The highest BCUT2D eigenvalue weighted by Gasteiger charge is 2.11. The van der Waals surface area contributed by atoms with Gasteiger partial charge in [-0.3, -0.25) is 9.35 Å². The van der Waals surface area contributed by atoms with Gasteiger partial charge in [-0.25, -0.2) is 0 Å². The third kappa shape index (κ3) is 7.83. The lowest BCUT2D eigenvalue weighted by Gasteiger charge is -2.05. The van der Waals surface area contributed by atoms with Crippen LogP contribution in [0.3, 0.4) is 0 Å². The summed E-state index contributed by atoms with van der Waals surface area (Å²) in [6, 6.07) is 0. The van der Waals surface area contributed by atoms with E-state index in [1.54, 1.807) is 0 Å². The predicted octanol–water partition coefficient (Wildman–Crippen LogP) is -0.562. The van der Waals surface area contributed by atoms with Crippen molar-refractivity contribution in [2.75, 3.05) is 5.75 Å². The lowest BCUT2D eigenvalue weighted by atomic mass is 10.2. The Balaban J connectivity index is 3.72. The van der Waals surface area contributed by atoms with Crippen molar-refractivity contribution in [2.45, 2.75) is 18.1 Å². The minimum Gasteiger partial charge on any atom is -0.370 e. The second-order valence-electron chi connectivity index (χ2n) is 2.40. The van der Waals surface area contributed by atoms with E-state index < -0.39 is 27.0 Å². The molecule has 0 aliphatic carbocycles. The van der Waals surface area contributed by atoms with Gasteiger partial charge in [0.25, 0.3) is 10.1 Å². The molecule has 0 aromatic heterocycles. The Morgan fingerprint density at radius 1 is 1.58 bits per heavy atom. The molecule has 1 unspecified atom stereocenters. The monoisotopic (exact) mass is 213 g/mol. The van der Waals surface area contributed by atoms with Crippen LogP contribution in [0.2, 0.25) is 0 Å². The number of hydrogen-bond donors (Lipinski definition) is 3. The van der Waals surface area contributed by atoms with E-state index in [0.717, 1.165) is 0 Å². The zero-order chi connectivity index (χ0) is 9.78. The standard InChI is InChI=1S/C5H11NO4S2/c6-5(7)3-4(11)1-2-12(8,9)10/h4,11H,1-3H2,(H2,6,7)(H,8,9,10). The van der Waals surface area contributed by atoms with Crippen molar-refractivity contribution < 1.29 is 17.8 Å². The number of carbonyl (C=O) groups excluding carboxylic acids is 1. The van der Waals surface area contributed by atoms with Gasteiger partial charge in [0.1, 0.15) is 0 Å². The van der Waals surface area contributed by atoms with Crippen LogP contribution >= 0.6 is 12.6 Å². The number of primary amides is 1. The Hall–Kier alpha value is -0.270. The van der Waals surface area contributed by atoms with Gasteiger partial charge < -0.3 is 5.73 Å². The summed E-state index contributed by atoms with van der Waals surface area (Å²) in [7, 11) is -3.96. The smallest absolute Gasteiger partial charge is 0.264 e. The summed E-state index contributed by atoms with van der Waals surface area (Å²) >= 11 is 3.90. The predicted molar refractivity (Wildman–Crippen MR) is 47.6 cm³/mol. The summed E-state index contributed by atoms with van der Waals surface area (Å²) in [6.07, 6.45) is 0.128. The van der Waals surface area contributed by atoms with Crippen LogP contribution < -0.4 is 5.73 Å². The minimum absolute atomic E-state index is 0.0125. The van der Waals surface area contributed by atoms with Crippen molar-refractivity contribution in [2.24, 2.45) is 5.73 Å². The maximum absolute atomic E-state index is 10.3. The van der Waals surface area contributed by atoms with Crippen molar-refractivity contribution in [3.63, 3.8) is 0 Å². The van der Waals surface area contributed by atoms with Crippen LogP contribution in [0.1, 0.15) is 12.8 Å². The highest BCUT2D eigenvalue weighted by molar-refractivity contribution is 7.85. The van der Waals surface area contributed by atoms with Crippen LogP contribution in [0, 0.1) is 0 Å². The van der Waals surface area contributed by atoms with Crippen LogP contribution in [0.4, 0.5) is 0 Å². The first-order valence-corrected chi connectivity index (χ1v) is 5.35. The van der Waals surface area contributed by atoms with E-state index in [-0.39, 0.29) is 12.8 Å². The molecule has 1 amide bonds. The lowest BCUT2D eigenvalue weighted by molar-refractivity contribution is -0.118. The molecule has 0 bridgehead atoms. The average Bonchev–Trinajstić information content (AvgIpc) is 1.80. The molecule has 12 heavy (non-hydrogen) atoms. The molecule has 0 spiro atoms. The van der Waals surface area contributed by atoms with Crippen molar-refractivity contribution in [1.29, 1.82) is 0 Å². The van der Waals surface area contributed by atoms with Gasteiger partial charge in [0.15, 0.2) is 0 Å². The molecule has 7 heteroatoms. The van der Waals surface area contributed by atoms with Crippen LogP contribution in [0.25, 0.3) is 0 Å². The van der Waals surface area contributed by atoms with E-state index in [1.165, 1.54) is 0 Å². The molecule has 0 aromatic carbocycles. The molecule has 0 radical (unpaired) electrons. The van der Waals surface area contributed by atoms with Crippen LogP contribution in [-0.4, -0.2) is 29.9 Å². The zero-order valence-electron chi connectivity index (χ0n) is 6.30. The van der Waals surface area contributed by atoms with Gasteiger partial charge in [0, 0.05) is 11.7 Å². The maximum Gasteiger partial charge on any atom is 0.264 e. The molecule has 72 valence electrons. The van der Waals surface area contributed by atoms with Crippen LogP contribution in [0.15, 0.2) is 0 Å². The van der Waals surface area contributed by atoms with Gasteiger partial charge in [-0.2, -0.15) is 21.0 Å². The third-order valence-electron chi connectivity index (χ3n) is 1.15. The largest absolute Gasteiger partial charge is 0.370 e. The molecule has 0 fully saturated rings. The molecular weight excluding hydrogens is 202 g/mol. The minimum atomic E-state index is -3.96. The van der Waals surface area contributed by atoms with Gasteiger partial charge in [0.2, 0.25) is 5.91 Å². The molecule has 0 aliphatic rings. The molecule has 0 heterocycles. The van der Waals surface area contributed by atoms with Crippen molar-refractivity contribution >= 4 is 28.7 Å². The average molecular weight is 213 g/mol. The Morgan fingerprint density at radius 2 is 2.08 bits per heavy atom. The van der Waals surface area contributed by atoms with Crippen molar-refractivity contribution in [3.8, 4) is 0 Å². The fraction of sp³-hybridized carbons (Fsp3) is 0.800. The molecule has 3 N–H and O–H groups in total. The number of carbonyl (C=O) groups is 1. The fourth-order valence-electron chi connectivity index (χ4n) is 0.619. The first kappa shape index (κ1) is 11.7. The van der Waals surface area contributed by atoms with Crippen LogP contribution in [0.5, 0.6) is 0 Å². The third-order valence-corrected chi connectivity index (χ3v) is 2.34. The topological polar surface area (TPSA) is 97.5 Å². The molecule has 0 aromatic rings. The number of thiol groups is 1. The highest BCUT2D eigenvalue weighted by Crippen LogP contribution is 2.06. The van der Waals surface area contributed by atoms with Gasteiger partial charge in [-0.05, 0) is 6.42 Å². The summed E-state index contributed by atoms with van der Waals surface area (Å²) in [5.41, 5.74) is 4.83. The van der Waals surface area contributed by atoms with E-state index in [0.29, 0.717) is 0 Å². The normalized spacial score (nSPS) is 14.2. The first-order chi connectivity index (χ1) is 5.31. The zero-order valence-corrected chi connectivity index (χ0v) is 8.01. The van der Waals surface area contributed by atoms with E-state index in [2.05, 4.69) is 12.6 Å². The van der Waals surface area contributed by atoms with Crippen molar-refractivity contribution in [3.05, 3.63) is 0 Å². The number of hydrogen-bond acceptors (Lipinski definition) is 4. The fourth-order valence-corrected chi connectivity index (χ4v) is 1.69. The molecule has 0 saturated carbocycles. The summed E-state index contributed by atoms with van der Waals surface area (Å²) in [4.78, 5) is 10.3. The van der Waals surface area contributed by atoms with Gasteiger partial charge in [-0.1, -0.05) is 0 Å². The molecule has 0 rings (SSSR count). The van der Waals surface area contributed by atoms with Gasteiger partial charge in [0.05, 0.1) is 5.75 Å². The Bertz CT molecular complexity index is 248. The van der Waals surface area contributed by atoms with E-state index in [9.17, 15) is 13.2 Å². The Labute approximate surface area is 76.5 Å². The Morgan fingerprint density at radius 3 is 2.42 bits per heavy atom. The van der Waals surface area contributed by atoms with Gasteiger partial charge in [-0.15, -0.1) is 0 Å². The second-order valence-corrected chi connectivity index (χ2v) is 4.70. The SMILES string of the molecule is NC(=O)CC(S)CCS(=O)(=O)O. The second kappa shape index (κ2) is 4.68. The number of rotatable bonds is 5. The van der Waals surface area contributed by atoms with E-state index >= 15 is 0 Å². The molecule has 0 aliphatic heterocycles. The maximum atomic E-state index is 10.3. The quantitative estimate of drug-likeness (QED) is 0.421. The first-order valence-electron chi connectivity index (χ1n) is 3.23. The van der Waals surface area contributed by atoms with E-state index in [4.69, 9.17) is 10.3 Å². The summed E-state index contributed by atoms with van der Waals surface area (Å²) in [6.45, 7) is 0. The van der Waals surface area contributed by atoms with Gasteiger partial charge >= 0.3 is 0 Å². The van der Waals surface area contributed by atoms with Crippen molar-refractivity contribution in [1.82, 2.24) is 0 Å². The highest BCUT2D eigenvalue weighted by atomic mass is 32.2. The molecule has 1 atom stereocenters. The number of nitrogens with two attached hydrogens (primary N) is 1.